The first-order chi connectivity index (χ1) is 10.4. The summed E-state index contributed by atoms with van der Waals surface area (Å²) in [6.45, 7) is 11.0. The van der Waals surface area contributed by atoms with Crippen LogP contribution in [0.4, 0.5) is 0 Å². The van der Waals surface area contributed by atoms with E-state index in [0.717, 1.165) is 0 Å². The van der Waals surface area contributed by atoms with Gasteiger partial charge in [0.05, 0.1) is 6.61 Å². The Morgan fingerprint density at radius 2 is 2.05 bits per heavy atom. The number of hydrogen-bond donors (Lipinski definition) is 2. The van der Waals surface area contributed by atoms with E-state index in [4.69, 9.17) is 32.8 Å². The van der Waals surface area contributed by atoms with Gasteiger partial charge in [0.25, 0.3) is 5.91 Å². The van der Waals surface area contributed by atoms with Crippen molar-refractivity contribution >= 4 is 34.7 Å². The maximum absolute atomic E-state index is 12.1. The third-order valence-corrected chi connectivity index (χ3v) is 3.16. The second kappa shape index (κ2) is 10.2. The maximum Gasteiger partial charge on any atom is 0.257 e. The van der Waals surface area contributed by atoms with Gasteiger partial charge in [-0.05, 0) is 20.8 Å². The van der Waals surface area contributed by atoms with Gasteiger partial charge >= 0.3 is 0 Å². The van der Waals surface area contributed by atoms with Gasteiger partial charge in [0.1, 0.15) is 17.0 Å². The van der Waals surface area contributed by atoms with Crippen molar-refractivity contribution in [1.29, 1.82) is 0 Å². The molecule has 0 spiro atoms. The van der Waals surface area contributed by atoms with Gasteiger partial charge in [0.15, 0.2) is 0 Å². The van der Waals surface area contributed by atoms with E-state index in [-0.39, 0.29) is 24.4 Å². The van der Waals surface area contributed by atoms with E-state index in [9.17, 15) is 4.79 Å². The number of aryl methyl sites for hydroxylation is 1. The molecule has 0 radical (unpaired) electrons. The number of aromatic nitrogens is 1. The van der Waals surface area contributed by atoms with Crippen LogP contribution >= 0.6 is 23.2 Å². The molecule has 0 bridgehead atoms. The molecule has 1 aromatic heterocycles. The van der Waals surface area contributed by atoms with Crippen molar-refractivity contribution in [1.82, 2.24) is 10.5 Å². The molecule has 1 aromatic rings. The molecule has 7 heteroatoms. The smallest absolute Gasteiger partial charge is 0.257 e. The zero-order chi connectivity index (χ0) is 17.3. The molecular weight excluding hydrogens is 327 g/mol. The molecule has 1 heterocycles. The molecule has 0 atom stereocenters. The lowest BCUT2D eigenvalue weighted by molar-refractivity contribution is 0.0943. The van der Waals surface area contributed by atoms with Crippen molar-refractivity contribution in [2.75, 3.05) is 13.2 Å². The molecule has 0 aliphatic heterocycles. The minimum absolute atomic E-state index is 0.138. The molecule has 0 aliphatic carbocycles. The number of nitrogens with zero attached hydrogens (tertiary/aromatic N) is 1. The van der Waals surface area contributed by atoms with Crippen LogP contribution in [0.5, 0.6) is 0 Å². The monoisotopic (exact) mass is 346 g/mol. The number of carbonyl (C=O) groups excluding carboxylic acids is 1. The van der Waals surface area contributed by atoms with Crippen molar-refractivity contribution < 1.29 is 14.4 Å². The highest BCUT2D eigenvalue weighted by Crippen LogP contribution is 2.33. The molecule has 0 saturated heterocycles. The minimum atomic E-state index is -0.399. The number of aliphatic hydroxyl groups excluding tert-OH is 1. The Kier molecular flexibility index (Phi) is 9.49. The molecule has 122 valence electrons. The molecular formula is C15H20Cl2N2O3. The van der Waals surface area contributed by atoms with Crippen molar-refractivity contribution in [2.24, 2.45) is 0 Å². The van der Waals surface area contributed by atoms with Gasteiger partial charge < -0.3 is 14.9 Å². The van der Waals surface area contributed by atoms with Crippen LogP contribution in [0.1, 0.15) is 35.7 Å². The summed E-state index contributed by atoms with van der Waals surface area (Å²) in [6, 6.07) is 0. The Bertz CT molecular complexity index is 573. The van der Waals surface area contributed by atoms with Crippen molar-refractivity contribution in [2.45, 2.75) is 20.8 Å². The van der Waals surface area contributed by atoms with Crippen LogP contribution in [0.15, 0.2) is 33.8 Å². The lowest BCUT2D eigenvalue weighted by Crippen LogP contribution is -2.27. The van der Waals surface area contributed by atoms with E-state index < -0.39 is 5.91 Å². The number of allylic oxidation sites excluding steroid dienone is 4. The Morgan fingerprint density at radius 3 is 2.50 bits per heavy atom. The summed E-state index contributed by atoms with van der Waals surface area (Å²) < 4.78 is 5.07. The van der Waals surface area contributed by atoms with E-state index in [0.29, 0.717) is 21.4 Å². The average molecular weight is 347 g/mol. The van der Waals surface area contributed by atoms with Crippen LogP contribution in [-0.4, -0.2) is 29.3 Å². The third kappa shape index (κ3) is 5.02. The van der Waals surface area contributed by atoms with Crippen LogP contribution in [0, 0.1) is 6.92 Å². The predicted octanol–water partition coefficient (Wildman–Crippen LogP) is 3.62. The fourth-order valence-corrected chi connectivity index (χ4v) is 2.12. The molecule has 1 amide bonds. The summed E-state index contributed by atoms with van der Waals surface area (Å²) in [5.74, 6) is -0.0461. The summed E-state index contributed by atoms with van der Waals surface area (Å²) in [5.41, 5.74) is 0.990. The molecule has 22 heavy (non-hydrogen) atoms. The molecule has 1 rings (SSSR count). The Balaban J connectivity index is 0.00000211. The number of amides is 1. The third-order valence-electron chi connectivity index (χ3n) is 2.56. The maximum atomic E-state index is 12.1. The van der Waals surface area contributed by atoms with E-state index >= 15 is 0 Å². The van der Waals surface area contributed by atoms with Crippen molar-refractivity contribution in [3.05, 3.63) is 46.3 Å². The normalized spacial score (nSPS) is 12.2. The summed E-state index contributed by atoms with van der Waals surface area (Å²) >= 11 is 12.2. The highest BCUT2D eigenvalue weighted by atomic mass is 35.5. The number of aliphatic hydroxyl groups is 1. The Morgan fingerprint density at radius 1 is 1.45 bits per heavy atom. The molecule has 2 N–H and O–H groups in total. The van der Waals surface area contributed by atoms with Crippen molar-refractivity contribution in [3.8, 4) is 0 Å². The van der Waals surface area contributed by atoms with Gasteiger partial charge in [-0.3, -0.25) is 4.79 Å². The van der Waals surface area contributed by atoms with Crippen LogP contribution in [0.25, 0.3) is 5.57 Å². The average Bonchev–Trinajstić information content (AvgIpc) is 2.88. The summed E-state index contributed by atoms with van der Waals surface area (Å²) in [5, 5.41) is 16.0. The quantitative estimate of drug-likeness (QED) is 0.630. The first-order valence-electron chi connectivity index (χ1n) is 6.48. The number of nitrogens with one attached hydrogen (secondary N) is 1. The highest BCUT2D eigenvalue weighted by Gasteiger charge is 2.25. The first-order valence-corrected chi connectivity index (χ1v) is 7.23. The first kappa shape index (κ1) is 20.4. The number of hydrogen-bond acceptors (Lipinski definition) is 4. The van der Waals surface area contributed by atoms with Gasteiger partial charge in [-0.1, -0.05) is 34.4 Å². The van der Waals surface area contributed by atoms with Crippen molar-refractivity contribution in [3.63, 3.8) is 0 Å². The van der Waals surface area contributed by atoms with Gasteiger partial charge in [-0.25, -0.2) is 0 Å². The SMILES string of the molecule is C/C=C(Cl)\C(=C(/C)Cl)c1noc(C)c1C(=O)NCCO.C=C. The number of rotatable bonds is 5. The molecule has 5 nitrogen and oxygen atoms in total. The second-order valence-corrected chi connectivity index (χ2v) is 4.96. The van der Waals surface area contributed by atoms with Gasteiger partial charge in [0.2, 0.25) is 0 Å². The lowest BCUT2D eigenvalue weighted by Gasteiger charge is -2.07. The van der Waals surface area contributed by atoms with Crippen LogP contribution in [0.2, 0.25) is 0 Å². The van der Waals surface area contributed by atoms with Crippen LogP contribution in [-0.2, 0) is 0 Å². The Hall–Kier alpha value is -1.56. The number of carbonyl (C=O) groups is 1. The second-order valence-electron chi connectivity index (χ2n) is 3.99. The van der Waals surface area contributed by atoms with Gasteiger partial charge in [-0.2, -0.15) is 0 Å². The van der Waals surface area contributed by atoms with Crippen LogP contribution in [0.3, 0.4) is 0 Å². The van der Waals surface area contributed by atoms with E-state index in [1.165, 1.54) is 0 Å². The molecule has 0 aromatic carbocycles. The van der Waals surface area contributed by atoms with E-state index in [1.54, 1.807) is 26.8 Å². The predicted molar refractivity (Wildman–Crippen MR) is 90.0 cm³/mol. The summed E-state index contributed by atoms with van der Waals surface area (Å²) in [6.07, 6.45) is 1.65. The largest absolute Gasteiger partial charge is 0.395 e. The molecule has 0 aliphatic rings. The highest BCUT2D eigenvalue weighted by molar-refractivity contribution is 6.42. The van der Waals surface area contributed by atoms with E-state index in [2.05, 4.69) is 23.6 Å². The lowest BCUT2D eigenvalue weighted by atomic mass is 10.0. The zero-order valence-electron chi connectivity index (χ0n) is 12.9. The minimum Gasteiger partial charge on any atom is -0.395 e. The Labute approximate surface area is 140 Å². The summed E-state index contributed by atoms with van der Waals surface area (Å²) in [4.78, 5) is 12.1. The summed E-state index contributed by atoms with van der Waals surface area (Å²) in [7, 11) is 0. The molecule has 0 saturated carbocycles. The van der Waals surface area contributed by atoms with Crippen LogP contribution < -0.4 is 5.32 Å². The standard InChI is InChI=1S/C13H16Cl2N2O3.C2H4/c1-4-9(15)10(7(2)14)12-11(8(3)20-17-12)13(19)16-5-6-18;1-2/h4,18H,5-6H2,1-3H3,(H,16,19);1-2H2/b9-4+,10-7-;. The topological polar surface area (TPSA) is 75.4 Å². The fraction of sp³-hybridized carbons (Fsp3) is 0.333. The molecule has 0 unspecified atom stereocenters. The number of halogens is 2. The molecule has 0 fully saturated rings. The van der Waals surface area contributed by atoms with Gasteiger partial charge in [-0.15, -0.1) is 13.2 Å². The fourth-order valence-electron chi connectivity index (χ4n) is 1.65. The van der Waals surface area contributed by atoms with Gasteiger partial charge in [0, 0.05) is 22.2 Å². The zero-order valence-corrected chi connectivity index (χ0v) is 14.4. The van der Waals surface area contributed by atoms with E-state index in [1.807, 2.05) is 0 Å².